The molecule has 0 atom stereocenters. The number of benzene rings is 1. The van der Waals surface area contributed by atoms with E-state index in [1.807, 2.05) is 20.8 Å². The number of aromatic hydroxyl groups is 1. The molecule has 0 fully saturated rings. The van der Waals surface area contributed by atoms with E-state index in [2.05, 4.69) is 15.0 Å². The Labute approximate surface area is 150 Å². The van der Waals surface area contributed by atoms with Crippen LogP contribution in [-0.4, -0.2) is 46.7 Å². The van der Waals surface area contributed by atoms with Crippen molar-refractivity contribution in [1.82, 2.24) is 10.3 Å². The molecule has 8 nitrogen and oxygen atoms in total. The molecule has 3 N–H and O–H groups in total. The SMILES string of the molecule is CC(=O)OCOC(=O)c1cc2c(C(=O)CNC(C)(C)C)ccc(O)c2[nH]1. The van der Waals surface area contributed by atoms with Crippen LogP contribution in [0.3, 0.4) is 0 Å². The van der Waals surface area contributed by atoms with Crippen molar-refractivity contribution in [2.45, 2.75) is 33.2 Å². The highest BCUT2D eigenvalue weighted by Crippen LogP contribution is 2.28. The summed E-state index contributed by atoms with van der Waals surface area (Å²) in [5.41, 5.74) is 0.428. The largest absolute Gasteiger partial charge is 0.506 e. The topological polar surface area (TPSA) is 118 Å². The highest BCUT2D eigenvalue weighted by atomic mass is 16.7. The normalized spacial score (nSPS) is 11.4. The minimum Gasteiger partial charge on any atom is -0.506 e. The van der Waals surface area contributed by atoms with Crippen molar-refractivity contribution in [1.29, 1.82) is 0 Å². The predicted molar refractivity (Wildman–Crippen MR) is 94.1 cm³/mol. The Bertz CT molecular complexity index is 847. The molecule has 0 aliphatic heterocycles. The van der Waals surface area contributed by atoms with Gasteiger partial charge in [-0.05, 0) is 39.0 Å². The van der Waals surface area contributed by atoms with E-state index in [9.17, 15) is 19.5 Å². The van der Waals surface area contributed by atoms with E-state index in [0.717, 1.165) is 0 Å². The molecular formula is C18H22N2O6. The van der Waals surface area contributed by atoms with Crippen molar-refractivity contribution in [2.75, 3.05) is 13.3 Å². The Morgan fingerprint density at radius 1 is 1.19 bits per heavy atom. The van der Waals surface area contributed by atoms with Gasteiger partial charge in [0.15, 0.2) is 5.78 Å². The molecule has 1 heterocycles. The van der Waals surface area contributed by atoms with E-state index in [0.29, 0.717) is 10.9 Å². The molecule has 0 saturated heterocycles. The summed E-state index contributed by atoms with van der Waals surface area (Å²) < 4.78 is 9.36. The van der Waals surface area contributed by atoms with Crippen LogP contribution in [0.2, 0.25) is 0 Å². The van der Waals surface area contributed by atoms with Gasteiger partial charge in [0.05, 0.1) is 12.1 Å². The van der Waals surface area contributed by atoms with Crippen molar-refractivity contribution >= 4 is 28.6 Å². The summed E-state index contributed by atoms with van der Waals surface area (Å²) in [4.78, 5) is 38.0. The summed E-state index contributed by atoms with van der Waals surface area (Å²) in [6, 6.07) is 4.32. The first kappa shape index (κ1) is 19.5. The second kappa shape index (κ2) is 7.57. The van der Waals surface area contributed by atoms with Crippen LogP contribution in [0.25, 0.3) is 10.9 Å². The Hall–Kier alpha value is -2.87. The third-order valence-corrected chi connectivity index (χ3v) is 3.52. The third kappa shape index (κ3) is 4.82. The molecule has 1 aromatic heterocycles. The van der Waals surface area contributed by atoms with Crippen LogP contribution in [-0.2, 0) is 14.3 Å². The van der Waals surface area contributed by atoms with Gasteiger partial charge in [0.2, 0.25) is 6.79 Å². The smallest absolute Gasteiger partial charge is 0.357 e. The summed E-state index contributed by atoms with van der Waals surface area (Å²) >= 11 is 0. The fourth-order valence-electron chi connectivity index (χ4n) is 2.24. The van der Waals surface area contributed by atoms with Gasteiger partial charge in [-0.2, -0.15) is 0 Å². The van der Waals surface area contributed by atoms with E-state index >= 15 is 0 Å². The molecule has 0 aliphatic carbocycles. The number of aromatic amines is 1. The first-order chi connectivity index (χ1) is 12.1. The van der Waals surface area contributed by atoms with Gasteiger partial charge in [-0.1, -0.05) is 0 Å². The zero-order valence-corrected chi connectivity index (χ0v) is 15.1. The molecule has 0 amide bonds. The zero-order chi connectivity index (χ0) is 19.5. The number of phenolic OH excluding ortho intramolecular Hbond substituents is 1. The second-order valence-electron chi connectivity index (χ2n) is 6.82. The van der Waals surface area contributed by atoms with Gasteiger partial charge >= 0.3 is 11.9 Å². The molecule has 0 radical (unpaired) electrons. The molecule has 0 unspecified atom stereocenters. The van der Waals surface area contributed by atoms with Crippen LogP contribution in [0, 0.1) is 0 Å². The highest BCUT2D eigenvalue weighted by molar-refractivity contribution is 6.11. The number of rotatable bonds is 6. The van der Waals surface area contributed by atoms with Crippen LogP contribution >= 0.6 is 0 Å². The van der Waals surface area contributed by atoms with Gasteiger partial charge in [-0.15, -0.1) is 0 Å². The highest BCUT2D eigenvalue weighted by Gasteiger charge is 2.20. The van der Waals surface area contributed by atoms with E-state index in [1.165, 1.54) is 25.1 Å². The van der Waals surface area contributed by atoms with Gasteiger partial charge in [0, 0.05) is 23.4 Å². The fourth-order valence-corrected chi connectivity index (χ4v) is 2.24. The number of nitrogens with one attached hydrogen (secondary N) is 2. The Morgan fingerprint density at radius 2 is 1.88 bits per heavy atom. The van der Waals surface area contributed by atoms with Gasteiger partial charge in [0.1, 0.15) is 11.4 Å². The third-order valence-electron chi connectivity index (χ3n) is 3.52. The first-order valence-electron chi connectivity index (χ1n) is 8.02. The first-order valence-corrected chi connectivity index (χ1v) is 8.02. The van der Waals surface area contributed by atoms with E-state index in [-0.39, 0.29) is 34.8 Å². The molecule has 8 heteroatoms. The summed E-state index contributed by atoms with van der Waals surface area (Å²) in [5, 5.41) is 13.5. The zero-order valence-electron chi connectivity index (χ0n) is 15.1. The van der Waals surface area contributed by atoms with Gasteiger partial charge in [-0.3, -0.25) is 9.59 Å². The van der Waals surface area contributed by atoms with Crippen LogP contribution in [0.5, 0.6) is 5.75 Å². The molecular weight excluding hydrogens is 340 g/mol. The Balaban J connectivity index is 2.26. The minimum absolute atomic E-state index is 0.0338. The average Bonchev–Trinajstić information content (AvgIpc) is 2.98. The van der Waals surface area contributed by atoms with Crippen molar-refractivity contribution in [3.8, 4) is 5.75 Å². The van der Waals surface area contributed by atoms with Crippen molar-refractivity contribution in [3.05, 3.63) is 29.5 Å². The van der Waals surface area contributed by atoms with Crippen LogP contribution in [0.1, 0.15) is 48.5 Å². The molecule has 0 aliphatic rings. The molecule has 0 spiro atoms. The molecule has 2 rings (SSSR count). The quantitative estimate of drug-likeness (QED) is 0.409. The Kier molecular flexibility index (Phi) is 5.66. The number of phenols is 1. The lowest BCUT2D eigenvalue weighted by atomic mass is 10.0. The maximum atomic E-state index is 12.5. The van der Waals surface area contributed by atoms with E-state index in [4.69, 9.17) is 4.74 Å². The minimum atomic E-state index is -0.770. The van der Waals surface area contributed by atoms with Crippen molar-refractivity contribution in [2.24, 2.45) is 0 Å². The van der Waals surface area contributed by atoms with Gasteiger partial charge in [-0.25, -0.2) is 4.79 Å². The fraction of sp³-hybridized carbons (Fsp3) is 0.389. The van der Waals surface area contributed by atoms with E-state index < -0.39 is 18.7 Å². The molecule has 1 aromatic carbocycles. The van der Waals surface area contributed by atoms with Crippen LogP contribution < -0.4 is 5.32 Å². The number of Topliss-reactive ketones (excluding diaryl/α,β-unsaturated/α-hetero) is 1. The molecule has 0 saturated carbocycles. The van der Waals surface area contributed by atoms with E-state index in [1.54, 1.807) is 0 Å². The number of ether oxygens (including phenoxy) is 2. The summed E-state index contributed by atoms with van der Waals surface area (Å²) in [5.74, 6) is -1.62. The van der Waals surface area contributed by atoms with Crippen molar-refractivity contribution < 1.29 is 29.0 Å². The van der Waals surface area contributed by atoms with Crippen LogP contribution in [0.4, 0.5) is 0 Å². The molecule has 0 bridgehead atoms. The maximum Gasteiger partial charge on any atom is 0.357 e. The summed E-state index contributed by atoms with van der Waals surface area (Å²) in [6.45, 7) is 6.62. The lowest BCUT2D eigenvalue weighted by Crippen LogP contribution is -2.39. The number of carbonyl (C=O) groups is 3. The second-order valence-corrected chi connectivity index (χ2v) is 6.82. The number of carbonyl (C=O) groups excluding carboxylic acids is 3. The van der Waals surface area contributed by atoms with Crippen molar-refractivity contribution in [3.63, 3.8) is 0 Å². The maximum absolute atomic E-state index is 12.5. The molecule has 140 valence electrons. The number of esters is 2. The average molecular weight is 362 g/mol. The predicted octanol–water partition coefficient (Wildman–Crippen LogP) is 2.12. The van der Waals surface area contributed by atoms with Crippen LogP contribution in [0.15, 0.2) is 18.2 Å². The monoisotopic (exact) mass is 362 g/mol. The standard InChI is InChI=1S/C18H22N2O6/c1-10(21)25-9-26-17(24)13-7-12-11(5-6-14(22)16(12)20-13)15(23)8-19-18(2,3)4/h5-7,19-20,22H,8-9H2,1-4H3. The van der Waals surface area contributed by atoms with Gasteiger partial charge < -0.3 is 24.9 Å². The molecule has 26 heavy (non-hydrogen) atoms. The summed E-state index contributed by atoms with van der Waals surface area (Å²) in [6.07, 6.45) is 0. The number of hydrogen-bond donors (Lipinski definition) is 3. The number of H-pyrrole nitrogens is 1. The number of ketones is 1. The lowest BCUT2D eigenvalue weighted by molar-refractivity contribution is -0.149. The Morgan fingerprint density at radius 3 is 2.50 bits per heavy atom. The summed E-state index contributed by atoms with van der Waals surface area (Å²) in [7, 11) is 0. The molecule has 2 aromatic rings. The lowest BCUT2D eigenvalue weighted by Gasteiger charge is -2.20. The number of fused-ring (bicyclic) bond motifs is 1. The number of hydrogen-bond acceptors (Lipinski definition) is 7. The van der Waals surface area contributed by atoms with Gasteiger partial charge in [0.25, 0.3) is 0 Å². The number of aromatic nitrogens is 1.